The van der Waals surface area contributed by atoms with Gasteiger partial charge in [-0.3, -0.25) is 0 Å². The van der Waals surface area contributed by atoms with Crippen molar-refractivity contribution >= 4 is 18.4 Å². The summed E-state index contributed by atoms with van der Waals surface area (Å²) in [5.74, 6) is 5.82. The molecule has 2 unspecified atom stereocenters. The Kier molecular flexibility index (Phi) is 4.15. The lowest BCUT2D eigenvalue weighted by Gasteiger charge is -2.15. The number of hydrazine groups is 1. The van der Waals surface area contributed by atoms with E-state index < -0.39 is 12.2 Å². The summed E-state index contributed by atoms with van der Waals surface area (Å²) in [6, 6.07) is 3.25. The molecule has 1 aromatic rings. The van der Waals surface area contributed by atoms with Gasteiger partial charge in [-0.1, -0.05) is 6.07 Å². The van der Waals surface area contributed by atoms with Gasteiger partial charge in [0, 0.05) is 17.5 Å². The molecule has 0 aliphatic heterocycles. The van der Waals surface area contributed by atoms with E-state index >= 15 is 0 Å². The molecule has 5 nitrogen and oxygen atoms in total. The Labute approximate surface area is 87.3 Å². The van der Waals surface area contributed by atoms with Crippen LogP contribution in [0.2, 0.25) is 0 Å². The normalized spacial score (nSPS) is 14.9. The Hall–Kier alpha value is -0.820. The third-order valence-electron chi connectivity index (χ3n) is 1.83. The Morgan fingerprint density at radius 1 is 1.50 bits per heavy atom. The van der Waals surface area contributed by atoms with Gasteiger partial charge in [0.25, 0.3) is 0 Å². The number of anilines is 1. The number of hydrogen-bond donors (Lipinski definition) is 5. The van der Waals surface area contributed by atoms with Crippen molar-refractivity contribution in [2.24, 2.45) is 5.84 Å². The first-order chi connectivity index (χ1) is 6.69. The first-order valence-electron chi connectivity index (χ1n) is 4.08. The number of hydrogen-bond acceptors (Lipinski definition) is 6. The van der Waals surface area contributed by atoms with E-state index in [1.54, 1.807) is 12.1 Å². The molecule has 1 aromatic heterocycles. The molecule has 0 amide bonds. The average Bonchev–Trinajstić information content (AvgIpc) is 2.27. The Balaban J connectivity index is 2.75. The van der Waals surface area contributed by atoms with Crippen LogP contribution in [0.5, 0.6) is 0 Å². The van der Waals surface area contributed by atoms with Gasteiger partial charge in [0.05, 0.1) is 6.10 Å². The molecule has 1 rings (SSSR count). The van der Waals surface area contributed by atoms with Crippen LogP contribution in [-0.4, -0.2) is 27.1 Å². The number of nitrogens with one attached hydrogen (secondary N) is 1. The molecule has 2 atom stereocenters. The summed E-state index contributed by atoms with van der Waals surface area (Å²) in [4.78, 5) is 3.90. The lowest BCUT2D eigenvalue weighted by molar-refractivity contribution is 0.0335. The van der Waals surface area contributed by atoms with Crippen molar-refractivity contribution in [3.8, 4) is 0 Å². The zero-order valence-electron chi connectivity index (χ0n) is 7.46. The molecule has 6 heteroatoms. The SMILES string of the molecule is NNc1ccc(C(O)C(O)CS)cn1. The highest BCUT2D eigenvalue weighted by atomic mass is 32.1. The Morgan fingerprint density at radius 3 is 2.64 bits per heavy atom. The minimum Gasteiger partial charge on any atom is -0.389 e. The highest BCUT2D eigenvalue weighted by Gasteiger charge is 2.16. The van der Waals surface area contributed by atoms with Crippen molar-refractivity contribution in [1.29, 1.82) is 0 Å². The molecule has 1 heterocycles. The molecule has 0 saturated heterocycles. The topological polar surface area (TPSA) is 91.4 Å². The number of thiol groups is 1. The van der Waals surface area contributed by atoms with Crippen molar-refractivity contribution in [3.63, 3.8) is 0 Å². The third-order valence-corrected chi connectivity index (χ3v) is 2.20. The number of nitrogens with two attached hydrogens (primary N) is 1. The van der Waals surface area contributed by atoms with Crippen LogP contribution in [0, 0.1) is 0 Å². The summed E-state index contributed by atoms with van der Waals surface area (Å²) in [5.41, 5.74) is 2.90. The second kappa shape index (κ2) is 5.16. The molecule has 0 fully saturated rings. The van der Waals surface area contributed by atoms with Crippen LogP contribution in [0.15, 0.2) is 18.3 Å². The number of aromatic nitrogens is 1. The maximum atomic E-state index is 9.56. The fourth-order valence-corrected chi connectivity index (χ4v) is 1.19. The second-order valence-electron chi connectivity index (χ2n) is 2.82. The largest absolute Gasteiger partial charge is 0.389 e. The number of aliphatic hydroxyl groups is 2. The fourth-order valence-electron chi connectivity index (χ4n) is 0.988. The predicted molar refractivity (Wildman–Crippen MR) is 56.9 cm³/mol. The predicted octanol–water partition coefficient (Wildman–Crippen LogP) is -0.309. The standard InChI is InChI=1S/C8H13N3O2S/c9-11-7-2-1-5(3-10-7)8(13)6(12)4-14/h1-3,6,8,12-14H,4,9H2,(H,10,11). The third kappa shape index (κ3) is 2.58. The van der Waals surface area contributed by atoms with Gasteiger partial charge in [0.2, 0.25) is 0 Å². The van der Waals surface area contributed by atoms with Gasteiger partial charge in [-0.25, -0.2) is 10.8 Å². The van der Waals surface area contributed by atoms with E-state index in [0.717, 1.165) is 0 Å². The molecular weight excluding hydrogens is 202 g/mol. The van der Waals surface area contributed by atoms with E-state index in [2.05, 4.69) is 23.0 Å². The summed E-state index contributed by atoms with van der Waals surface area (Å²) in [5, 5.41) is 18.9. The van der Waals surface area contributed by atoms with Crippen molar-refractivity contribution in [1.82, 2.24) is 4.98 Å². The summed E-state index contributed by atoms with van der Waals surface area (Å²) >= 11 is 3.88. The van der Waals surface area contributed by atoms with Gasteiger partial charge in [0.1, 0.15) is 11.9 Å². The highest BCUT2D eigenvalue weighted by Crippen LogP contribution is 2.17. The first-order valence-corrected chi connectivity index (χ1v) is 4.72. The molecule has 0 radical (unpaired) electrons. The van der Waals surface area contributed by atoms with Crippen LogP contribution in [0.3, 0.4) is 0 Å². The van der Waals surface area contributed by atoms with Gasteiger partial charge < -0.3 is 15.6 Å². The van der Waals surface area contributed by atoms with Crippen LogP contribution in [0.1, 0.15) is 11.7 Å². The monoisotopic (exact) mass is 215 g/mol. The van der Waals surface area contributed by atoms with Gasteiger partial charge in [-0.15, -0.1) is 0 Å². The van der Waals surface area contributed by atoms with Gasteiger partial charge >= 0.3 is 0 Å². The fraction of sp³-hybridized carbons (Fsp3) is 0.375. The number of pyridine rings is 1. The number of nitrogen functional groups attached to an aromatic ring is 1. The van der Waals surface area contributed by atoms with Crippen LogP contribution in [-0.2, 0) is 0 Å². The summed E-state index contributed by atoms with van der Waals surface area (Å²) in [7, 11) is 0. The molecule has 0 saturated carbocycles. The first kappa shape index (κ1) is 11.3. The van der Waals surface area contributed by atoms with Gasteiger partial charge in [-0.05, 0) is 6.07 Å². The van der Waals surface area contributed by atoms with Crippen LogP contribution < -0.4 is 11.3 Å². The van der Waals surface area contributed by atoms with Gasteiger partial charge in [-0.2, -0.15) is 12.6 Å². The van der Waals surface area contributed by atoms with E-state index in [9.17, 15) is 10.2 Å². The number of aliphatic hydroxyl groups excluding tert-OH is 2. The molecule has 0 aromatic carbocycles. The Bertz CT molecular complexity index is 280. The van der Waals surface area contributed by atoms with Crippen LogP contribution in [0.4, 0.5) is 5.82 Å². The second-order valence-corrected chi connectivity index (χ2v) is 3.18. The molecule has 14 heavy (non-hydrogen) atoms. The summed E-state index contributed by atoms with van der Waals surface area (Å²) < 4.78 is 0. The lowest BCUT2D eigenvalue weighted by atomic mass is 10.1. The minimum absolute atomic E-state index is 0.193. The zero-order valence-corrected chi connectivity index (χ0v) is 8.35. The van der Waals surface area contributed by atoms with Crippen molar-refractivity contribution in [2.45, 2.75) is 12.2 Å². The van der Waals surface area contributed by atoms with E-state index in [4.69, 9.17) is 5.84 Å². The molecule has 78 valence electrons. The number of rotatable bonds is 4. The maximum Gasteiger partial charge on any atom is 0.139 e. The molecule has 0 spiro atoms. The van der Waals surface area contributed by atoms with E-state index in [1.165, 1.54) is 6.20 Å². The summed E-state index contributed by atoms with van der Waals surface area (Å²) in [6.07, 6.45) is -0.407. The van der Waals surface area contributed by atoms with E-state index in [1.807, 2.05) is 0 Å². The minimum atomic E-state index is -0.966. The number of nitrogens with zero attached hydrogens (tertiary/aromatic N) is 1. The van der Waals surface area contributed by atoms with Crippen LogP contribution in [0.25, 0.3) is 0 Å². The Morgan fingerprint density at radius 2 is 2.21 bits per heavy atom. The summed E-state index contributed by atoms with van der Waals surface area (Å²) in [6.45, 7) is 0. The molecule has 5 N–H and O–H groups in total. The van der Waals surface area contributed by atoms with Crippen molar-refractivity contribution < 1.29 is 10.2 Å². The zero-order chi connectivity index (χ0) is 10.6. The molecule has 0 aliphatic carbocycles. The molecular formula is C8H13N3O2S. The van der Waals surface area contributed by atoms with E-state index in [0.29, 0.717) is 11.4 Å². The highest BCUT2D eigenvalue weighted by molar-refractivity contribution is 7.80. The van der Waals surface area contributed by atoms with Crippen molar-refractivity contribution in [3.05, 3.63) is 23.9 Å². The van der Waals surface area contributed by atoms with Gasteiger partial charge in [0.15, 0.2) is 0 Å². The average molecular weight is 215 g/mol. The van der Waals surface area contributed by atoms with Crippen LogP contribution >= 0.6 is 12.6 Å². The van der Waals surface area contributed by atoms with E-state index in [-0.39, 0.29) is 5.75 Å². The maximum absolute atomic E-state index is 9.56. The quantitative estimate of drug-likeness (QED) is 0.270. The lowest BCUT2D eigenvalue weighted by Crippen LogP contribution is -2.20. The molecule has 0 bridgehead atoms. The van der Waals surface area contributed by atoms with Crippen molar-refractivity contribution in [2.75, 3.05) is 11.2 Å². The smallest absolute Gasteiger partial charge is 0.139 e. The molecule has 0 aliphatic rings.